The summed E-state index contributed by atoms with van der Waals surface area (Å²) in [5, 5.41) is 3.28. The van der Waals surface area contributed by atoms with Crippen molar-refractivity contribution in [3.05, 3.63) is 63.1 Å². The van der Waals surface area contributed by atoms with Gasteiger partial charge in [0.1, 0.15) is 0 Å². The van der Waals surface area contributed by atoms with Crippen molar-refractivity contribution in [3.63, 3.8) is 0 Å². The third kappa shape index (κ3) is 5.08. The van der Waals surface area contributed by atoms with Crippen molar-refractivity contribution >= 4 is 45.1 Å². The van der Waals surface area contributed by atoms with Crippen LogP contribution in [0.1, 0.15) is 22.8 Å². The molecule has 2 aromatic rings. The molecular formula is C17H15BrClNO3. The van der Waals surface area contributed by atoms with Crippen LogP contribution >= 0.6 is 27.5 Å². The van der Waals surface area contributed by atoms with Gasteiger partial charge in [-0.05, 0) is 54.4 Å². The van der Waals surface area contributed by atoms with Crippen LogP contribution in [0.25, 0.3) is 0 Å². The molecule has 23 heavy (non-hydrogen) atoms. The van der Waals surface area contributed by atoms with E-state index in [4.69, 9.17) is 16.3 Å². The highest BCUT2D eigenvalue weighted by molar-refractivity contribution is 9.10. The summed E-state index contributed by atoms with van der Waals surface area (Å²) in [5.74, 6) is -0.951. The fourth-order valence-corrected chi connectivity index (χ4v) is 2.50. The van der Waals surface area contributed by atoms with Crippen LogP contribution in [-0.4, -0.2) is 18.5 Å². The number of nitrogens with one attached hydrogen (secondary N) is 1. The van der Waals surface area contributed by atoms with Crippen LogP contribution in [0.2, 0.25) is 5.02 Å². The maximum Gasteiger partial charge on any atom is 0.338 e. The van der Waals surface area contributed by atoms with E-state index in [0.29, 0.717) is 16.3 Å². The molecule has 0 fully saturated rings. The first-order valence-corrected chi connectivity index (χ1v) is 8.17. The molecule has 4 nitrogen and oxygen atoms in total. The number of benzene rings is 2. The molecular weight excluding hydrogens is 382 g/mol. The molecule has 0 saturated carbocycles. The Balaban J connectivity index is 1.92. The molecule has 0 bridgehead atoms. The van der Waals surface area contributed by atoms with Crippen LogP contribution in [-0.2, 0) is 16.0 Å². The molecule has 0 aliphatic rings. The zero-order valence-electron chi connectivity index (χ0n) is 12.4. The van der Waals surface area contributed by atoms with Crippen molar-refractivity contribution in [2.45, 2.75) is 13.3 Å². The van der Waals surface area contributed by atoms with Gasteiger partial charge in [-0.3, -0.25) is 4.79 Å². The van der Waals surface area contributed by atoms with Gasteiger partial charge in [0.25, 0.3) is 5.91 Å². The second-order valence-corrected chi connectivity index (χ2v) is 6.14. The molecule has 0 heterocycles. The first-order chi connectivity index (χ1) is 11.0. The second kappa shape index (κ2) is 8.13. The summed E-state index contributed by atoms with van der Waals surface area (Å²) in [7, 11) is 0. The zero-order chi connectivity index (χ0) is 16.8. The highest BCUT2D eigenvalue weighted by atomic mass is 79.9. The molecule has 2 aromatic carbocycles. The average molecular weight is 397 g/mol. The smallest absolute Gasteiger partial charge is 0.338 e. The molecule has 0 unspecified atom stereocenters. The van der Waals surface area contributed by atoms with Crippen molar-refractivity contribution in [1.82, 2.24) is 0 Å². The van der Waals surface area contributed by atoms with E-state index in [9.17, 15) is 9.59 Å². The van der Waals surface area contributed by atoms with Gasteiger partial charge in [-0.15, -0.1) is 0 Å². The van der Waals surface area contributed by atoms with Gasteiger partial charge in [-0.1, -0.05) is 34.5 Å². The number of amides is 1. The Hall–Kier alpha value is -1.85. The summed E-state index contributed by atoms with van der Waals surface area (Å²) in [6, 6.07) is 11.9. The average Bonchev–Trinajstić information content (AvgIpc) is 2.55. The lowest BCUT2D eigenvalue weighted by Gasteiger charge is -2.11. The fraction of sp³-hybridized carbons (Fsp3) is 0.176. The van der Waals surface area contributed by atoms with Crippen LogP contribution in [0.3, 0.4) is 0 Å². The number of carbonyl (C=O) groups excluding carboxylic acids is 2. The van der Waals surface area contributed by atoms with E-state index in [0.717, 1.165) is 16.5 Å². The van der Waals surface area contributed by atoms with Crippen LogP contribution in [0.4, 0.5) is 5.69 Å². The minimum absolute atomic E-state index is 0.347. The highest BCUT2D eigenvalue weighted by Gasteiger charge is 2.11. The summed E-state index contributed by atoms with van der Waals surface area (Å²) >= 11 is 9.15. The lowest BCUT2D eigenvalue weighted by atomic mass is 10.1. The van der Waals surface area contributed by atoms with Crippen LogP contribution in [0.15, 0.2) is 46.9 Å². The van der Waals surface area contributed by atoms with Gasteiger partial charge in [0.05, 0.1) is 5.56 Å². The minimum atomic E-state index is -0.566. The molecule has 6 heteroatoms. The number of ether oxygens (including phenoxy) is 1. The molecule has 0 aromatic heterocycles. The number of esters is 1. The minimum Gasteiger partial charge on any atom is -0.452 e. The summed E-state index contributed by atoms with van der Waals surface area (Å²) in [5.41, 5.74) is 2.06. The lowest BCUT2D eigenvalue weighted by Crippen LogP contribution is -2.21. The Kier molecular flexibility index (Phi) is 6.19. The van der Waals surface area contributed by atoms with E-state index >= 15 is 0 Å². The summed E-state index contributed by atoms with van der Waals surface area (Å²) < 4.78 is 5.94. The molecule has 0 saturated heterocycles. The van der Waals surface area contributed by atoms with Gasteiger partial charge in [-0.2, -0.15) is 0 Å². The molecule has 2 rings (SSSR count). The van der Waals surface area contributed by atoms with E-state index in [-0.39, 0.29) is 12.5 Å². The van der Waals surface area contributed by atoms with E-state index in [2.05, 4.69) is 21.2 Å². The van der Waals surface area contributed by atoms with Crippen LogP contribution in [0, 0.1) is 0 Å². The third-order valence-electron chi connectivity index (χ3n) is 3.14. The van der Waals surface area contributed by atoms with Gasteiger partial charge in [0.15, 0.2) is 6.61 Å². The van der Waals surface area contributed by atoms with Gasteiger partial charge in [0, 0.05) is 15.2 Å². The SMILES string of the molecule is CCc1cc(Br)ccc1NC(=O)COC(=O)c1ccc(Cl)cc1. The molecule has 0 atom stereocenters. The number of hydrogen-bond donors (Lipinski definition) is 1. The molecule has 1 amide bonds. The van der Waals surface area contributed by atoms with Crippen molar-refractivity contribution in [2.24, 2.45) is 0 Å². The topological polar surface area (TPSA) is 55.4 Å². The lowest BCUT2D eigenvalue weighted by molar-refractivity contribution is -0.119. The van der Waals surface area contributed by atoms with Crippen molar-refractivity contribution in [2.75, 3.05) is 11.9 Å². The highest BCUT2D eigenvalue weighted by Crippen LogP contribution is 2.21. The summed E-state index contributed by atoms with van der Waals surface area (Å²) in [6.07, 6.45) is 0.777. The number of carbonyl (C=O) groups is 2. The fourth-order valence-electron chi connectivity index (χ4n) is 1.96. The predicted octanol–water partition coefficient (Wildman–Crippen LogP) is 4.46. The molecule has 0 spiro atoms. The maximum atomic E-state index is 11.9. The predicted molar refractivity (Wildman–Crippen MR) is 93.9 cm³/mol. The first-order valence-electron chi connectivity index (χ1n) is 7.00. The molecule has 120 valence electrons. The van der Waals surface area contributed by atoms with Crippen LogP contribution in [0.5, 0.6) is 0 Å². The Bertz CT molecular complexity index is 716. The molecule has 0 aliphatic carbocycles. The van der Waals surface area contributed by atoms with Gasteiger partial charge in [-0.25, -0.2) is 4.79 Å². The second-order valence-electron chi connectivity index (χ2n) is 4.79. The normalized spacial score (nSPS) is 10.2. The Morgan fingerprint density at radius 1 is 1.17 bits per heavy atom. The van der Waals surface area contributed by atoms with E-state index in [1.165, 1.54) is 0 Å². The van der Waals surface area contributed by atoms with Crippen LogP contribution < -0.4 is 5.32 Å². The van der Waals surface area contributed by atoms with E-state index in [1.54, 1.807) is 24.3 Å². The monoisotopic (exact) mass is 395 g/mol. The number of hydrogen-bond acceptors (Lipinski definition) is 3. The standard InChI is InChI=1S/C17H15BrClNO3/c1-2-11-9-13(18)5-8-15(11)20-16(21)10-23-17(22)12-3-6-14(19)7-4-12/h3-9H,2,10H2,1H3,(H,20,21). The third-order valence-corrected chi connectivity index (χ3v) is 3.88. The van der Waals surface area contributed by atoms with E-state index in [1.807, 2.05) is 25.1 Å². The zero-order valence-corrected chi connectivity index (χ0v) is 14.8. The van der Waals surface area contributed by atoms with E-state index < -0.39 is 5.97 Å². The summed E-state index contributed by atoms with van der Waals surface area (Å²) in [6.45, 7) is 1.65. The van der Waals surface area contributed by atoms with Gasteiger partial charge in [0.2, 0.25) is 0 Å². The number of halogens is 2. The molecule has 0 radical (unpaired) electrons. The first kappa shape index (κ1) is 17.5. The quantitative estimate of drug-likeness (QED) is 0.759. The number of aryl methyl sites for hydroxylation is 1. The Morgan fingerprint density at radius 2 is 1.87 bits per heavy atom. The van der Waals surface area contributed by atoms with Gasteiger partial charge >= 0.3 is 5.97 Å². The number of anilines is 1. The van der Waals surface area contributed by atoms with Crippen molar-refractivity contribution in [1.29, 1.82) is 0 Å². The van der Waals surface area contributed by atoms with Crippen molar-refractivity contribution < 1.29 is 14.3 Å². The molecule has 1 N–H and O–H groups in total. The largest absolute Gasteiger partial charge is 0.452 e. The Morgan fingerprint density at radius 3 is 2.52 bits per heavy atom. The maximum absolute atomic E-state index is 11.9. The summed E-state index contributed by atoms with van der Waals surface area (Å²) in [4.78, 5) is 23.8. The van der Waals surface area contributed by atoms with Gasteiger partial charge < -0.3 is 10.1 Å². The van der Waals surface area contributed by atoms with Crippen molar-refractivity contribution in [3.8, 4) is 0 Å². The molecule has 0 aliphatic heterocycles. The Labute approximate surface area is 147 Å². The number of rotatable bonds is 5.